The summed E-state index contributed by atoms with van der Waals surface area (Å²) in [5.74, 6) is 0. The third-order valence-electron chi connectivity index (χ3n) is 1.11. The largest absolute Gasteiger partial charge is 0.496 e. The second kappa shape index (κ2) is 2.96. The van der Waals surface area contributed by atoms with Crippen LogP contribution in [0.1, 0.15) is 0 Å². The lowest BCUT2D eigenvalue weighted by atomic mass is 10.2. The molecule has 1 aliphatic heterocycles. The molecule has 0 saturated carbocycles. The number of ether oxygens (including phenoxy) is 1. The topological polar surface area (TPSA) is 43.4 Å². The van der Waals surface area contributed by atoms with Gasteiger partial charge in [-0.1, -0.05) is 0 Å². The summed E-state index contributed by atoms with van der Waals surface area (Å²) in [5.41, 5.74) is 0.887. The minimum atomic E-state index is 0.265. The minimum Gasteiger partial charge on any atom is -0.496 e. The van der Waals surface area contributed by atoms with Gasteiger partial charge in [0.1, 0.15) is 12.9 Å². The molecule has 0 aliphatic carbocycles. The molecule has 0 unspecified atom stereocenters. The van der Waals surface area contributed by atoms with E-state index in [4.69, 9.17) is 4.74 Å². The van der Waals surface area contributed by atoms with Gasteiger partial charge < -0.3 is 4.74 Å². The summed E-state index contributed by atoms with van der Waals surface area (Å²) in [7, 11) is 0. The maximum absolute atomic E-state index is 10.1. The number of carbonyl (C=O) groups excluding carboxylic acids is 2. The van der Waals surface area contributed by atoms with E-state index < -0.39 is 0 Å². The fourth-order valence-electron chi connectivity index (χ4n) is 0.654. The van der Waals surface area contributed by atoms with Crippen LogP contribution in [0.3, 0.4) is 0 Å². The molecule has 3 heteroatoms. The first-order valence-corrected chi connectivity index (χ1v) is 2.79. The highest BCUT2D eigenvalue weighted by atomic mass is 16.5. The zero-order chi connectivity index (χ0) is 7.40. The van der Waals surface area contributed by atoms with Crippen LogP contribution in [0.5, 0.6) is 0 Å². The molecule has 0 aromatic carbocycles. The third-order valence-corrected chi connectivity index (χ3v) is 1.11. The lowest BCUT2D eigenvalue weighted by Gasteiger charge is -2.05. The maximum atomic E-state index is 10.1. The average Bonchev–Trinajstić information content (AvgIpc) is 2.05. The Bertz CT molecular complexity index is 213. The van der Waals surface area contributed by atoms with E-state index in [1.807, 2.05) is 0 Å². The molecule has 1 rings (SSSR count). The van der Waals surface area contributed by atoms with Crippen LogP contribution in [0.4, 0.5) is 0 Å². The van der Waals surface area contributed by atoms with Crippen LogP contribution in [0, 0.1) is 0 Å². The molecule has 52 valence electrons. The van der Waals surface area contributed by atoms with E-state index in [9.17, 15) is 9.59 Å². The summed E-state index contributed by atoms with van der Waals surface area (Å²) in [4.78, 5) is 20.2. The van der Waals surface area contributed by atoms with Gasteiger partial charge in [-0.05, 0) is 6.08 Å². The van der Waals surface area contributed by atoms with Crippen molar-refractivity contribution in [3.63, 3.8) is 0 Å². The molecule has 0 bridgehead atoms. The van der Waals surface area contributed by atoms with Crippen LogP contribution in [0.25, 0.3) is 0 Å². The highest BCUT2D eigenvalue weighted by Gasteiger charge is 2.02. The molecule has 0 amide bonds. The molecule has 0 N–H and O–H groups in total. The van der Waals surface area contributed by atoms with Crippen molar-refractivity contribution < 1.29 is 14.3 Å². The Balaban J connectivity index is 2.79. The average molecular weight is 138 g/mol. The highest BCUT2D eigenvalue weighted by molar-refractivity contribution is 5.83. The van der Waals surface area contributed by atoms with Crippen LogP contribution in [0.2, 0.25) is 0 Å². The van der Waals surface area contributed by atoms with Crippen molar-refractivity contribution in [2.45, 2.75) is 0 Å². The number of hydrogen-bond acceptors (Lipinski definition) is 3. The van der Waals surface area contributed by atoms with E-state index in [1.165, 1.54) is 12.3 Å². The third kappa shape index (κ3) is 1.31. The number of aldehydes is 2. The van der Waals surface area contributed by atoms with E-state index in [2.05, 4.69) is 0 Å². The summed E-state index contributed by atoms with van der Waals surface area (Å²) < 4.78 is 4.78. The predicted octanol–water partition coefficient (Wildman–Crippen LogP) is 0.225. The Hall–Kier alpha value is -1.38. The molecule has 0 aromatic rings. The van der Waals surface area contributed by atoms with Crippen molar-refractivity contribution in [2.75, 3.05) is 6.61 Å². The number of hydrogen-bond donors (Lipinski definition) is 0. The van der Waals surface area contributed by atoms with Gasteiger partial charge in [-0.3, -0.25) is 9.59 Å². The van der Waals surface area contributed by atoms with E-state index in [-0.39, 0.29) is 6.61 Å². The summed E-state index contributed by atoms with van der Waals surface area (Å²) in [6.45, 7) is 0.265. The maximum Gasteiger partial charge on any atom is 0.153 e. The van der Waals surface area contributed by atoms with Crippen molar-refractivity contribution in [3.05, 3.63) is 23.5 Å². The molecule has 0 aromatic heterocycles. The Morgan fingerprint density at radius 2 is 2.20 bits per heavy atom. The first-order chi connectivity index (χ1) is 4.86. The van der Waals surface area contributed by atoms with Crippen LogP contribution in [0.15, 0.2) is 23.5 Å². The Kier molecular flexibility index (Phi) is 1.99. The van der Waals surface area contributed by atoms with Crippen molar-refractivity contribution in [2.24, 2.45) is 0 Å². The number of rotatable bonds is 2. The van der Waals surface area contributed by atoms with Gasteiger partial charge in [0.15, 0.2) is 6.29 Å². The van der Waals surface area contributed by atoms with E-state index in [0.29, 0.717) is 23.7 Å². The van der Waals surface area contributed by atoms with Gasteiger partial charge in [0.2, 0.25) is 0 Å². The monoisotopic (exact) mass is 138 g/mol. The standard InChI is InChI=1S/C7H6O3/c8-2-6-1-7(3-9)5-10-4-6/h1-4H,5H2. The van der Waals surface area contributed by atoms with E-state index in [1.54, 1.807) is 0 Å². The molecule has 0 spiro atoms. The highest BCUT2D eigenvalue weighted by Crippen LogP contribution is 2.05. The van der Waals surface area contributed by atoms with Crippen LogP contribution < -0.4 is 0 Å². The minimum absolute atomic E-state index is 0.265. The summed E-state index contributed by atoms with van der Waals surface area (Å²) in [6, 6.07) is 0. The van der Waals surface area contributed by atoms with Crippen molar-refractivity contribution in [3.8, 4) is 0 Å². The molecule has 0 fully saturated rings. The first kappa shape index (κ1) is 6.74. The van der Waals surface area contributed by atoms with Crippen molar-refractivity contribution in [1.29, 1.82) is 0 Å². The van der Waals surface area contributed by atoms with Gasteiger partial charge in [-0.15, -0.1) is 0 Å². The fraction of sp³-hybridized carbons (Fsp3) is 0.143. The summed E-state index contributed by atoms with van der Waals surface area (Å²) in [6.07, 6.45) is 4.16. The predicted molar refractivity (Wildman–Crippen MR) is 34.2 cm³/mol. The van der Waals surface area contributed by atoms with Gasteiger partial charge in [0.25, 0.3) is 0 Å². The molecule has 10 heavy (non-hydrogen) atoms. The van der Waals surface area contributed by atoms with E-state index in [0.717, 1.165) is 0 Å². The molecular weight excluding hydrogens is 132 g/mol. The van der Waals surface area contributed by atoms with Gasteiger partial charge >= 0.3 is 0 Å². The Labute approximate surface area is 58.0 Å². The van der Waals surface area contributed by atoms with Crippen LogP contribution in [-0.2, 0) is 14.3 Å². The Morgan fingerprint density at radius 3 is 2.80 bits per heavy atom. The molecule has 1 aliphatic rings. The zero-order valence-electron chi connectivity index (χ0n) is 5.24. The SMILES string of the molecule is O=CC1=COCC(C=O)=C1. The van der Waals surface area contributed by atoms with Crippen LogP contribution >= 0.6 is 0 Å². The second-order valence-corrected chi connectivity index (χ2v) is 1.88. The number of allylic oxidation sites excluding steroid dienone is 2. The fourth-order valence-corrected chi connectivity index (χ4v) is 0.654. The normalized spacial score (nSPS) is 16.4. The first-order valence-electron chi connectivity index (χ1n) is 2.79. The molecule has 0 saturated heterocycles. The van der Waals surface area contributed by atoms with E-state index >= 15 is 0 Å². The quantitative estimate of drug-likeness (QED) is 0.513. The number of carbonyl (C=O) groups is 2. The molecule has 0 radical (unpaired) electrons. The Morgan fingerprint density at radius 1 is 1.40 bits per heavy atom. The van der Waals surface area contributed by atoms with Crippen molar-refractivity contribution >= 4 is 12.6 Å². The second-order valence-electron chi connectivity index (χ2n) is 1.88. The van der Waals surface area contributed by atoms with Crippen molar-refractivity contribution in [1.82, 2.24) is 0 Å². The molecule has 3 nitrogen and oxygen atoms in total. The summed E-state index contributed by atoms with van der Waals surface area (Å²) in [5, 5.41) is 0. The van der Waals surface area contributed by atoms with Gasteiger partial charge in [-0.2, -0.15) is 0 Å². The van der Waals surface area contributed by atoms with Crippen LogP contribution in [-0.4, -0.2) is 19.2 Å². The molecular formula is C7H6O3. The van der Waals surface area contributed by atoms with Gasteiger partial charge in [0.05, 0.1) is 6.26 Å². The molecule has 1 heterocycles. The summed E-state index contributed by atoms with van der Waals surface area (Å²) >= 11 is 0. The van der Waals surface area contributed by atoms with Gasteiger partial charge in [0, 0.05) is 11.1 Å². The molecule has 0 atom stereocenters. The zero-order valence-corrected chi connectivity index (χ0v) is 5.24. The lowest BCUT2D eigenvalue weighted by molar-refractivity contribution is -0.105. The lowest BCUT2D eigenvalue weighted by Crippen LogP contribution is -2.02. The smallest absolute Gasteiger partial charge is 0.153 e. The van der Waals surface area contributed by atoms with Gasteiger partial charge in [-0.25, -0.2) is 0 Å².